The molecule has 0 bridgehead atoms. The number of benzene rings is 1. The maximum absolute atomic E-state index is 11.6. The molecule has 130 valence electrons. The van der Waals surface area contributed by atoms with Gasteiger partial charge in [-0.05, 0) is 24.6 Å². The standard InChI is InChI=1S/C16H23N5O3/c1-10(17)16-19-14(20-21(16)9-15(22)18-2)8-11-5-6-12(23-3)13(7-11)24-4/h5-7,10H,8-9,17H2,1-4H3,(H,18,22)/t10-/m1/s1. The minimum Gasteiger partial charge on any atom is -0.493 e. The summed E-state index contributed by atoms with van der Waals surface area (Å²) in [6, 6.07) is 5.32. The van der Waals surface area contributed by atoms with Crippen LogP contribution in [0.2, 0.25) is 0 Å². The highest BCUT2D eigenvalue weighted by molar-refractivity contribution is 5.75. The van der Waals surface area contributed by atoms with E-state index < -0.39 is 0 Å². The van der Waals surface area contributed by atoms with E-state index in [0.717, 1.165) is 5.56 Å². The van der Waals surface area contributed by atoms with E-state index in [0.29, 0.717) is 29.6 Å². The number of rotatable bonds is 7. The molecule has 1 aromatic heterocycles. The number of hydrogen-bond acceptors (Lipinski definition) is 6. The zero-order chi connectivity index (χ0) is 17.7. The Balaban J connectivity index is 2.26. The molecule has 8 nitrogen and oxygen atoms in total. The Morgan fingerprint density at radius 3 is 2.62 bits per heavy atom. The minimum atomic E-state index is -0.318. The molecule has 0 radical (unpaired) electrons. The highest BCUT2D eigenvalue weighted by Gasteiger charge is 2.16. The van der Waals surface area contributed by atoms with Crippen molar-refractivity contribution < 1.29 is 14.3 Å². The van der Waals surface area contributed by atoms with Gasteiger partial charge in [0.15, 0.2) is 17.3 Å². The predicted molar refractivity (Wildman–Crippen MR) is 89.0 cm³/mol. The van der Waals surface area contributed by atoms with E-state index in [1.54, 1.807) is 25.9 Å². The number of nitrogens with two attached hydrogens (primary N) is 1. The quantitative estimate of drug-likeness (QED) is 0.771. The summed E-state index contributed by atoms with van der Waals surface area (Å²) in [7, 11) is 4.76. The van der Waals surface area contributed by atoms with Crippen molar-refractivity contribution >= 4 is 5.91 Å². The first-order chi connectivity index (χ1) is 11.5. The molecule has 2 aromatic rings. The Labute approximate surface area is 141 Å². The molecule has 1 heterocycles. The number of aromatic nitrogens is 3. The summed E-state index contributed by atoms with van der Waals surface area (Å²) in [5.41, 5.74) is 6.90. The fourth-order valence-corrected chi connectivity index (χ4v) is 2.32. The molecule has 0 spiro atoms. The van der Waals surface area contributed by atoms with E-state index in [9.17, 15) is 4.79 Å². The minimum absolute atomic E-state index is 0.0896. The van der Waals surface area contributed by atoms with Gasteiger partial charge in [-0.15, -0.1) is 0 Å². The predicted octanol–water partition coefficient (Wildman–Crippen LogP) is 0.652. The molecule has 0 unspecified atom stereocenters. The lowest BCUT2D eigenvalue weighted by Crippen LogP contribution is -2.26. The topological polar surface area (TPSA) is 104 Å². The number of nitrogens with one attached hydrogen (secondary N) is 1. The SMILES string of the molecule is CNC(=O)Cn1nc(Cc2ccc(OC)c(OC)c2)nc1[C@@H](C)N. The van der Waals surface area contributed by atoms with Gasteiger partial charge in [0.1, 0.15) is 12.4 Å². The largest absolute Gasteiger partial charge is 0.493 e. The second-order valence-electron chi connectivity index (χ2n) is 5.37. The molecule has 0 aliphatic carbocycles. The molecule has 1 aromatic carbocycles. The summed E-state index contributed by atoms with van der Waals surface area (Å²) in [6.45, 7) is 1.90. The van der Waals surface area contributed by atoms with Gasteiger partial charge >= 0.3 is 0 Å². The molecule has 0 aliphatic heterocycles. The number of amides is 1. The van der Waals surface area contributed by atoms with Gasteiger partial charge in [0.05, 0.1) is 20.3 Å². The Hall–Kier alpha value is -2.61. The Morgan fingerprint density at radius 2 is 2.04 bits per heavy atom. The second kappa shape index (κ2) is 7.78. The van der Waals surface area contributed by atoms with Crippen LogP contribution in [-0.4, -0.2) is 41.9 Å². The summed E-state index contributed by atoms with van der Waals surface area (Å²) in [5.74, 6) is 2.33. The van der Waals surface area contributed by atoms with E-state index in [1.807, 2.05) is 25.1 Å². The molecular weight excluding hydrogens is 310 g/mol. The highest BCUT2D eigenvalue weighted by Crippen LogP contribution is 2.28. The number of nitrogens with zero attached hydrogens (tertiary/aromatic N) is 3. The fourth-order valence-electron chi connectivity index (χ4n) is 2.32. The summed E-state index contributed by atoms with van der Waals surface area (Å²) in [6.07, 6.45) is 0.501. The number of methoxy groups -OCH3 is 2. The van der Waals surface area contributed by atoms with Gasteiger partial charge in [-0.1, -0.05) is 6.07 Å². The maximum Gasteiger partial charge on any atom is 0.241 e. The maximum atomic E-state index is 11.6. The third kappa shape index (κ3) is 4.02. The van der Waals surface area contributed by atoms with Crippen LogP contribution in [-0.2, 0) is 17.8 Å². The fraction of sp³-hybridized carbons (Fsp3) is 0.438. The van der Waals surface area contributed by atoms with Crippen LogP contribution in [0.25, 0.3) is 0 Å². The van der Waals surface area contributed by atoms with Crippen LogP contribution in [0.1, 0.15) is 30.2 Å². The Morgan fingerprint density at radius 1 is 1.33 bits per heavy atom. The van der Waals surface area contributed by atoms with Gasteiger partial charge in [0.25, 0.3) is 0 Å². The first-order valence-corrected chi connectivity index (χ1v) is 7.59. The number of likely N-dealkylation sites (N-methyl/N-ethyl adjacent to an activating group) is 1. The van der Waals surface area contributed by atoms with Crippen molar-refractivity contribution in [3.05, 3.63) is 35.4 Å². The zero-order valence-corrected chi connectivity index (χ0v) is 14.4. The van der Waals surface area contributed by atoms with E-state index >= 15 is 0 Å². The Kier molecular flexibility index (Phi) is 5.75. The van der Waals surface area contributed by atoms with E-state index in [-0.39, 0.29) is 18.5 Å². The second-order valence-corrected chi connectivity index (χ2v) is 5.37. The number of hydrogen-bond donors (Lipinski definition) is 2. The smallest absolute Gasteiger partial charge is 0.241 e. The van der Waals surface area contributed by atoms with Crippen molar-refractivity contribution in [3.8, 4) is 11.5 Å². The normalized spacial score (nSPS) is 11.9. The monoisotopic (exact) mass is 333 g/mol. The summed E-state index contributed by atoms with van der Waals surface area (Å²) >= 11 is 0. The molecule has 24 heavy (non-hydrogen) atoms. The van der Waals surface area contributed by atoms with Gasteiger partial charge in [0.2, 0.25) is 5.91 Å². The lowest BCUT2D eigenvalue weighted by Gasteiger charge is -2.08. The molecule has 8 heteroatoms. The van der Waals surface area contributed by atoms with Crippen LogP contribution < -0.4 is 20.5 Å². The van der Waals surface area contributed by atoms with Gasteiger partial charge in [-0.25, -0.2) is 9.67 Å². The van der Waals surface area contributed by atoms with E-state index in [1.165, 1.54) is 0 Å². The molecule has 0 fully saturated rings. The van der Waals surface area contributed by atoms with Crippen LogP contribution in [0.3, 0.4) is 0 Å². The molecular formula is C16H23N5O3. The van der Waals surface area contributed by atoms with E-state index in [4.69, 9.17) is 15.2 Å². The average Bonchev–Trinajstić information content (AvgIpc) is 2.97. The molecule has 1 amide bonds. The van der Waals surface area contributed by atoms with Crippen molar-refractivity contribution in [1.29, 1.82) is 0 Å². The molecule has 1 atom stereocenters. The molecule has 0 aliphatic rings. The lowest BCUT2D eigenvalue weighted by molar-refractivity contribution is -0.121. The number of carbonyl (C=O) groups excluding carboxylic acids is 1. The number of ether oxygens (including phenoxy) is 2. The van der Waals surface area contributed by atoms with Crippen LogP contribution in [0.4, 0.5) is 0 Å². The van der Waals surface area contributed by atoms with Gasteiger partial charge < -0.3 is 20.5 Å². The van der Waals surface area contributed by atoms with Crippen molar-refractivity contribution in [3.63, 3.8) is 0 Å². The van der Waals surface area contributed by atoms with Gasteiger partial charge in [-0.2, -0.15) is 5.10 Å². The van der Waals surface area contributed by atoms with Crippen LogP contribution >= 0.6 is 0 Å². The first kappa shape index (κ1) is 17.7. The van der Waals surface area contributed by atoms with Gasteiger partial charge in [0, 0.05) is 13.5 Å². The Bertz CT molecular complexity index is 712. The third-order valence-electron chi connectivity index (χ3n) is 3.53. The van der Waals surface area contributed by atoms with Crippen LogP contribution in [0.5, 0.6) is 11.5 Å². The first-order valence-electron chi connectivity index (χ1n) is 7.59. The highest BCUT2D eigenvalue weighted by atomic mass is 16.5. The molecule has 2 rings (SSSR count). The van der Waals surface area contributed by atoms with Crippen LogP contribution in [0, 0.1) is 0 Å². The summed E-state index contributed by atoms with van der Waals surface area (Å²) in [5, 5.41) is 6.97. The van der Waals surface area contributed by atoms with Crippen molar-refractivity contribution in [2.24, 2.45) is 5.73 Å². The molecule has 0 saturated carbocycles. The summed E-state index contributed by atoms with van der Waals surface area (Å²) < 4.78 is 12.1. The lowest BCUT2D eigenvalue weighted by atomic mass is 10.1. The van der Waals surface area contributed by atoms with E-state index in [2.05, 4.69) is 15.4 Å². The average molecular weight is 333 g/mol. The van der Waals surface area contributed by atoms with Crippen molar-refractivity contribution in [2.75, 3.05) is 21.3 Å². The molecule has 0 saturated heterocycles. The zero-order valence-electron chi connectivity index (χ0n) is 14.4. The third-order valence-corrected chi connectivity index (χ3v) is 3.53. The van der Waals surface area contributed by atoms with Gasteiger partial charge in [-0.3, -0.25) is 4.79 Å². The van der Waals surface area contributed by atoms with Crippen LogP contribution in [0.15, 0.2) is 18.2 Å². The van der Waals surface area contributed by atoms with Crippen molar-refractivity contribution in [1.82, 2.24) is 20.1 Å². The van der Waals surface area contributed by atoms with Crippen molar-refractivity contribution in [2.45, 2.75) is 25.9 Å². The molecule has 3 N–H and O–H groups in total. The summed E-state index contributed by atoms with van der Waals surface area (Å²) in [4.78, 5) is 16.1. The number of carbonyl (C=O) groups is 1.